The van der Waals surface area contributed by atoms with Crippen LogP contribution in [0.1, 0.15) is 49.3 Å². The first-order valence-corrected chi connectivity index (χ1v) is 7.72. The molecule has 108 valence electrons. The van der Waals surface area contributed by atoms with E-state index in [9.17, 15) is 4.79 Å². The monoisotopic (exact) mass is 273 g/mol. The van der Waals surface area contributed by atoms with Crippen molar-refractivity contribution in [2.75, 3.05) is 24.5 Å². The molecule has 0 aromatic carbocycles. The van der Waals surface area contributed by atoms with Crippen LogP contribution in [0.5, 0.6) is 0 Å². The Bertz CT molecular complexity index is 483. The maximum absolute atomic E-state index is 11.1. The summed E-state index contributed by atoms with van der Waals surface area (Å²) in [5.74, 6) is 1.13. The van der Waals surface area contributed by atoms with Crippen LogP contribution in [0.3, 0.4) is 0 Å². The summed E-state index contributed by atoms with van der Waals surface area (Å²) in [6, 6.07) is 2.46. The number of piperidine rings is 1. The zero-order valence-corrected chi connectivity index (χ0v) is 12.2. The number of likely N-dealkylation sites (tertiary alicyclic amines) is 1. The molecule has 2 saturated heterocycles. The van der Waals surface area contributed by atoms with Gasteiger partial charge in [-0.05, 0) is 56.2 Å². The summed E-state index contributed by atoms with van der Waals surface area (Å²) < 4.78 is 0. The van der Waals surface area contributed by atoms with Gasteiger partial charge in [-0.2, -0.15) is 0 Å². The van der Waals surface area contributed by atoms with E-state index < -0.39 is 0 Å². The molecule has 2 aliphatic heterocycles. The van der Waals surface area contributed by atoms with Crippen molar-refractivity contribution in [2.45, 2.75) is 45.1 Å². The second-order valence-electron chi connectivity index (χ2n) is 5.96. The molecule has 0 aliphatic carbocycles. The first-order valence-electron chi connectivity index (χ1n) is 7.72. The first kappa shape index (κ1) is 13.4. The van der Waals surface area contributed by atoms with Gasteiger partial charge in [0.25, 0.3) is 0 Å². The van der Waals surface area contributed by atoms with Gasteiger partial charge in [0.15, 0.2) is 0 Å². The zero-order valence-electron chi connectivity index (χ0n) is 12.2. The van der Waals surface area contributed by atoms with Crippen molar-refractivity contribution in [3.05, 3.63) is 23.4 Å². The molecular weight excluding hydrogens is 250 g/mol. The van der Waals surface area contributed by atoms with Crippen LogP contribution in [-0.2, 0) is 4.79 Å². The molecule has 0 radical (unpaired) electrons. The van der Waals surface area contributed by atoms with Crippen LogP contribution in [0.15, 0.2) is 12.3 Å². The van der Waals surface area contributed by atoms with Crippen molar-refractivity contribution in [2.24, 2.45) is 0 Å². The molecule has 4 heteroatoms. The molecule has 1 amide bonds. The third kappa shape index (κ3) is 2.51. The average Bonchev–Trinajstić information content (AvgIpc) is 2.96. The lowest BCUT2D eigenvalue weighted by molar-refractivity contribution is -0.118. The van der Waals surface area contributed by atoms with E-state index in [-0.39, 0.29) is 6.04 Å². The molecule has 1 atom stereocenters. The maximum atomic E-state index is 11.1. The van der Waals surface area contributed by atoms with E-state index in [1.807, 2.05) is 11.1 Å². The highest BCUT2D eigenvalue weighted by atomic mass is 16.1. The quantitative estimate of drug-likeness (QED) is 0.794. The predicted octanol–water partition coefficient (Wildman–Crippen LogP) is 2.67. The molecule has 1 aromatic heterocycles. The van der Waals surface area contributed by atoms with Gasteiger partial charge in [0.05, 0.1) is 6.04 Å². The number of aromatic nitrogens is 1. The Morgan fingerprint density at radius 1 is 1.20 bits per heavy atom. The van der Waals surface area contributed by atoms with Crippen molar-refractivity contribution in [1.29, 1.82) is 0 Å². The highest BCUT2D eigenvalue weighted by Gasteiger charge is 2.25. The number of pyridine rings is 1. The number of carbonyl (C=O) groups excluding carboxylic acids is 1. The molecule has 0 bridgehead atoms. The minimum absolute atomic E-state index is 0.231. The minimum Gasteiger partial charge on any atom is -0.356 e. The number of aryl methyl sites for hydroxylation is 1. The normalized spacial score (nSPS) is 23.1. The lowest BCUT2D eigenvalue weighted by atomic mass is 10.0. The molecule has 0 unspecified atom stereocenters. The standard InChI is InChI=1S/C16H23N3O/c1-13-10-14(15-6-5-9-19(15)12-20)11-17-16(13)18-7-3-2-4-8-18/h10-12,15H,2-9H2,1H3/t15-/m1/s1. The number of anilines is 1. The smallest absolute Gasteiger partial charge is 0.210 e. The number of carbonyl (C=O) groups is 1. The van der Waals surface area contributed by atoms with Gasteiger partial charge in [-0.1, -0.05) is 0 Å². The molecule has 4 nitrogen and oxygen atoms in total. The van der Waals surface area contributed by atoms with Crippen LogP contribution >= 0.6 is 0 Å². The SMILES string of the molecule is Cc1cc([C@H]2CCCN2C=O)cnc1N1CCCCC1. The van der Waals surface area contributed by atoms with Gasteiger partial charge < -0.3 is 9.80 Å². The number of hydrogen-bond donors (Lipinski definition) is 0. The van der Waals surface area contributed by atoms with Crippen LogP contribution in [0.2, 0.25) is 0 Å². The summed E-state index contributed by atoms with van der Waals surface area (Å²) in [5.41, 5.74) is 2.43. The van der Waals surface area contributed by atoms with E-state index in [0.29, 0.717) is 0 Å². The second kappa shape index (κ2) is 5.81. The Labute approximate surface area is 120 Å². The van der Waals surface area contributed by atoms with Crippen molar-refractivity contribution in [3.63, 3.8) is 0 Å². The number of rotatable bonds is 3. The Balaban J connectivity index is 1.81. The number of nitrogens with zero attached hydrogens (tertiary/aromatic N) is 3. The van der Waals surface area contributed by atoms with Gasteiger partial charge in [-0.3, -0.25) is 4.79 Å². The van der Waals surface area contributed by atoms with Crippen LogP contribution in [-0.4, -0.2) is 35.9 Å². The molecule has 0 saturated carbocycles. The Morgan fingerprint density at radius 3 is 2.70 bits per heavy atom. The van der Waals surface area contributed by atoms with Gasteiger partial charge >= 0.3 is 0 Å². The fraction of sp³-hybridized carbons (Fsp3) is 0.625. The molecule has 0 spiro atoms. The summed E-state index contributed by atoms with van der Waals surface area (Å²) in [7, 11) is 0. The largest absolute Gasteiger partial charge is 0.356 e. The van der Waals surface area contributed by atoms with E-state index in [0.717, 1.165) is 44.7 Å². The lowest BCUT2D eigenvalue weighted by Gasteiger charge is -2.29. The Morgan fingerprint density at radius 2 is 2.00 bits per heavy atom. The number of hydrogen-bond acceptors (Lipinski definition) is 3. The van der Waals surface area contributed by atoms with Gasteiger partial charge in [-0.15, -0.1) is 0 Å². The highest BCUT2D eigenvalue weighted by Crippen LogP contribution is 2.32. The molecule has 0 N–H and O–H groups in total. The molecule has 20 heavy (non-hydrogen) atoms. The van der Waals surface area contributed by atoms with E-state index in [4.69, 9.17) is 4.98 Å². The fourth-order valence-electron chi connectivity index (χ4n) is 3.48. The lowest BCUT2D eigenvalue weighted by Crippen LogP contribution is -2.31. The topological polar surface area (TPSA) is 36.4 Å². The molecule has 2 aliphatic rings. The third-order valence-corrected chi connectivity index (χ3v) is 4.54. The first-order chi connectivity index (χ1) is 9.79. The van der Waals surface area contributed by atoms with Crippen LogP contribution in [0, 0.1) is 6.92 Å². The van der Waals surface area contributed by atoms with Gasteiger partial charge in [0, 0.05) is 25.8 Å². The summed E-state index contributed by atoms with van der Waals surface area (Å²) >= 11 is 0. The van der Waals surface area contributed by atoms with Gasteiger partial charge in [0.2, 0.25) is 6.41 Å². The summed E-state index contributed by atoms with van der Waals surface area (Å²) in [6.07, 6.45) is 8.98. The Hall–Kier alpha value is -1.58. The van der Waals surface area contributed by atoms with Crippen LogP contribution in [0.4, 0.5) is 5.82 Å². The van der Waals surface area contributed by atoms with Gasteiger partial charge in [0.1, 0.15) is 5.82 Å². The predicted molar refractivity (Wildman–Crippen MR) is 79.8 cm³/mol. The Kier molecular flexibility index (Phi) is 3.90. The summed E-state index contributed by atoms with van der Waals surface area (Å²) in [4.78, 5) is 20.1. The molecule has 3 rings (SSSR count). The second-order valence-corrected chi connectivity index (χ2v) is 5.96. The van der Waals surface area contributed by atoms with Crippen molar-refractivity contribution < 1.29 is 4.79 Å². The third-order valence-electron chi connectivity index (χ3n) is 4.54. The van der Waals surface area contributed by atoms with E-state index in [1.54, 1.807) is 0 Å². The molecular formula is C16H23N3O. The van der Waals surface area contributed by atoms with E-state index in [1.165, 1.54) is 30.4 Å². The number of amides is 1. The maximum Gasteiger partial charge on any atom is 0.210 e. The molecule has 3 heterocycles. The van der Waals surface area contributed by atoms with Crippen LogP contribution < -0.4 is 4.90 Å². The van der Waals surface area contributed by atoms with Gasteiger partial charge in [-0.25, -0.2) is 4.98 Å². The van der Waals surface area contributed by atoms with Crippen molar-refractivity contribution in [1.82, 2.24) is 9.88 Å². The van der Waals surface area contributed by atoms with Crippen molar-refractivity contribution in [3.8, 4) is 0 Å². The highest BCUT2D eigenvalue weighted by molar-refractivity contribution is 5.52. The minimum atomic E-state index is 0.231. The van der Waals surface area contributed by atoms with Crippen LogP contribution in [0.25, 0.3) is 0 Å². The average molecular weight is 273 g/mol. The molecule has 2 fully saturated rings. The summed E-state index contributed by atoms with van der Waals surface area (Å²) in [6.45, 7) is 5.26. The van der Waals surface area contributed by atoms with E-state index >= 15 is 0 Å². The summed E-state index contributed by atoms with van der Waals surface area (Å²) in [5, 5.41) is 0. The molecule has 1 aromatic rings. The zero-order chi connectivity index (χ0) is 13.9. The van der Waals surface area contributed by atoms with E-state index in [2.05, 4.69) is 17.9 Å². The van der Waals surface area contributed by atoms with Crippen molar-refractivity contribution >= 4 is 12.2 Å². The fourth-order valence-corrected chi connectivity index (χ4v) is 3.48.